The fraction of sp³-hybridized carbons (Fsp3) is 0.667. The van der Waals surface area contributed by atoms with E-state index < -0.39 is 10.7 Å². The minimum Gasteiger partial charge on any atom is -0.480 e. The highest BCUT2D eigenvalue weighted by Crippen LogP contribution is 2.42. The molecule has 2 rings (SSSR count). The lowest BCUT2D eigenvalue weighted by molar-refractivity contribution is -0.140. The van der Waals surface area contributed by atoms with Gasteiger partial charge in [0.05, 0.1) is 0 Å². The van der Waals surface area contributed by atoms with Crippen LogP contribution in [0.1, 0.15) is 32.1 Å². The number of nitrogen functional groups attached to an aromatic ring is 1. The second-order valence-electron chi connectivity index (χ2n) is 3.97. The van der Waals surface area contributed by atoms with Crippen molar-refractivity contribution in [3.05, 3.63) is 0 Å². The van der Waals surface area contributed by atoms with Crippen molar-refractivity contribution in [1.29, 1.82) is 0 Å². The Morgan fingerprint density at radius 2 is 2.12 bits per heavy atom. The van der Waals surface area contributed by atoms with Crippen LogP contribution in [0.15, 0.2) is 5.16 Å². The van der Waals surface area contributed by atoms with Crippen LogP contribution in [0.4, 0.5) is 5.95 Å². The molecule has 1 aromatic heterocycles. The molecule has 1 aromatic rings. The summed E-state index contributed by atoms with van der Waals surface area (Å²) in [6, 6.07) is 0. The van der Waals surface area contributed by atoms with E-state index in [1.165, 1.54) is 11.8 Å². The lowest BCUT2D eigenvalue weighted by atomic mass is 9.88. The first-order valence-corrected chi connectivity index (χ1v) is 6.04. The largest absolute Gasteiger partial charge is 0.480 e. The normalized spacial score (nSPS) is 19.5. The van der Waals surface area contributed by atoms with Gasteiger partial charge in [0.2, 0.25) is 11.1 Å². The maximum Gasteiger partial charge on any atom is 0.320 e. The topological polar surface area (TPSA) is 105 Å². The fourth-order valence-corrected chi connectivity index (χ4v) is 3.13. The first-order chi connectivity index (χ1) is 7.62. The van der Waals surface area contributed by atoms with E-state index >= 15 is 0 Å². The zero-order chi connectivity index (χ0) is 11.6. The van der Waals surface area contributed by atoms with Crippen molar-refractivity contribution in [1.82, 2.24) is 15.2 Å². The Kier molecular flexibility index (Phi) is 3.04. The third-order valence-electron chi connectivity index (χ3n) is 2.82. The summed E-state index contributed by atoms with van der Waals surface area (Å²) in [5.74, 6) is -0.556. The molecule has 1 heterocycles. The number of carbonyl (C=O) groups is 1. The van der Waals surface area contributed by atoms with Gasteiger partial charge in [0.1, 0.15) is 4.75 Å². The predicted molar refractivity (Wildman–Crippen MR) is 60.1 cm³/mol. The van der Waals surface area contributed by atoms with E-state index in [-0.39, 0.29) is 5.95 Å². The standard InChI is InChI=1S/C9H14N4O2S/c10-7-11-8(13-12-7)16-9(6(14)15)4-2-1-3-5-9/h1-5H2,(H,14,15)(H3,10,11,12,13). The van der Waals surface area contributed by atoms with E-state index in [1.54, 1.807) is 0 Å². The number of hydrogen-bond donors (Lipinski definition) is 3. The SMILES string of the molecule is Nc1nc(SC2(C(=O)O)CCCCC2)n[nH]1. The Morgan fingerprint density at radius 3 is 2.62 bits per heavy atom. The zero-order valence-electron chi connectivity index (χ0n) is 8.77. The van der Waals surface area contributed by atoms with E-state index in [0.29, 0.717) is 18.0 Å². The van der Waals surface area contributed by atoms with Crippen LogP contribution in [0.3, 0.4) is 0 Å². The lowest BCUT2D eigenvalue weighted by Crippen LogP contribution is -2.37. The number of H-pyrrole nitrogens is 1. The van der Waals surface area contributed by atoms with Gasteiger partial charge in [0.25, 0.3) is 0 Å². The molecule has 0 spiro atoms. The number of hydrogen-bond acceptors (Lipinski definition) is 5. The van der Waals surface area contributed by atoms with Gasteiger partial charge in [-0.25, -0.2) is 5.10 Å². The second-order valence-corrected chi connectivity index (χ2v) is 5.32. The molecule has 0 aliphatic heterocycles. The van der Waals surface area contributed by atoms with Gasteiger partial charge in [-0.05, 0) is 12.8 Å². The minimum atomic E-state index is -0.777. The third kappa shape index (κ3) is 2.13. The number of aromatic amines is 1. The van der Waals surface area contributed by atoms with Crippen molar-refractivity contribution in [3.63, 3.8) is 0 Å². The Morgan fingerprint density at radius 1 is 1.44 bits per heavy atom. The summed E-state index contributed by atoms with van der Waals surface area (Å²) in [5, 5.41) is 16.2. The summed E-state index contributed by atoms with van der Waals surface area (Å²) < 4.78 is -0.771. The Bertz CT molecular complexity index is 387. The van der Waals surface area contributed by atoms with E-state index in [9.17, 15) is 9.90 Å². The van der Waals surface area contributed by atoms with Crippen molar-refractivity contribution in [3.8, 4) is 0 Å². The number of thioether (sulfide) groups is 1. The third-order valence-corrected chi connectivity index (χ3v) is 4.16. The smallest absolute Gasteiger partial charge is 0.320 e. The number of nitrogens with zero attached hydrogens (tertiary/aromatic N) is 2. The molecule has 0 unspecified atom stereocenters. The molecule has 88 valence electrons. The maximum absolute atomic E-state index is 11.4. The van der Waals surface area contributed by atoms with Crippen molar-refractivity contribution in [2.75, 3.05) is 5.73 Å². The van der Waals surface area contributed by atoms with Crippen LogP contribution >= 0.6 is 11.8 Å². The lowest BCUT2D eigenvalue weighted by Gasteiger charge is -2.31. The molecule has 0 bridgehead atoms. The van der Waals surface area contributed by atoms with Gasteiger partial charge in [-0.2, -0.15) is 4.98 Å². The van der Waals surface area contributed by atoms with E-state index in [4.69, 9.17) is 5.73 Å². The molecule has 0 aromatic carbocycles. The Labute approximate surface area is 97.0 Å². The van der Waals surface area contributed by atoms with Crippen LogP contribution in [0.2, 0.25) is 0 Å². The van der Waals surface area contributed by atoms with Crippen molar-refractivity contribution in [2.45, 2.75) is 42.0 Å². The molecule has 0 saturated heterocycles. The molecule has 6 nitrogen and oxygen atoms in total. The first kappa shape index (κ1) is 11.3. The molecule has 0 atom stereocenters. The van der Waals surface area contributed by atoms with Gasteiger partial charge >= 0.3 is 5.97 Å². The summed E-state index contributed by atoms with van der Waals surface area (Å²) in [6.07, 6.45) is 4.33. The van der Waals surface area contributed by atoms with Gasteiger partial charge in [-0.1, -0.05) is 31.0 Å². The number of nitrogens with one attached hydrogen (secondary N) is 1. The van der Waals surface area contributed by atoms with Gasteiger partial charge in [-0.3, -0.25) is 4.79 Å². The van der Waals surface area contributed by atoms with Crippen molar-refractivity contribution in [2.24, 2.45) is 0 Å². The monoisotopic (exact) mass is 242 g/mol. The second kappa shape index (κ2) is 4.32. The molecule has 1 saturated carbocycles. The number of anilines is 1. The molecule has 1 aliphatic rings. The summed E-state index contributed by atoms with van der Waals surface area (Å²) in [6.45, 7) is 0. The van der Waals surface area contributed by atoms with Crippen molar-refractivity contribution >= 4 is 23.7 Å². The summed E-state index contributed by atoms with van der Waals surface area (Å²) in [5.41, 5.74) is 5.41. The van der Waals surface area contributed by atoms with Crippen LogP contribution < -0.4 is 5.73 Å². The highest BCUT2D eigenvalue weighted by Gasteiger charge is 2.41. The Hall–Kier alpha value is -1.24. The number of carboxylic acid groups (broad SMARTS) is 1. The molecule has 1 aliphatic carbocycles. The summed E-state index contributed by atoms with van der Waals surface area (Å²) in [7, 11) is 0. The van der Waals surface area contributed by atoms with Crippen LogP contribution in [0.5, 0.6) is 0 Å². The Balaban J connectivity index is 2.16. The fourth-order valence-electron chi connectivity index (χ4n) is 1.96. The maximum atomic E-state index is 11.4. The van der Waals surface area contributed by atoms with Gasteiger partial charge in [0, 0.05) is 0 Å². The van der Waals surface area contributed by atoms with Crippen LogP contribution in [-0.2, 0) is 4.79 Å². The van der Waals surface area contributed by atoms with Crippen molar-refractivity contribution < 1.29 is 9.90 Å². The molecular formula is C9H14N4O2S. The van der Waals surface area contributed by atoms with Crippen LogP contribution in [0.25, 0.3) is 0 Å². The van der Waals surface area contributed by atoms with Gasteiger partial charge in [-0.15, -0.1) is 5.10 Å². The number of nitrogens with two attached hydrogens (primary N) is 1. The molecule has 0 amide bonds. The molecule has 7 heteroatoms. The average molecular weight is 242 g/mol. The number of aromatic nitrogens is 3. The quantitative estimate of drug-likeness (QED) is 0.737. The number of carboxylic acids is 1. The van der Waals surface area contributed by atoms with E-state index in [1.807, 2.05) is 0 Å². The van der Waals surface area contributed by atoms with Gasteiger partial charge in [0.15, 0.2) is 0 Å². The minimum absolute atomic E-state index is 0.221. The number of aliphatic carboxylic acids is 1. The number of rotatable bonds is 3. The van der Waals surface area contributed by atoms with E-state index in [0.717, 1.165) is 19.3 Å². The molecular weight excluding hydrogens is 228 g/mol. The summed E-state index contributed by atoms with van der Waals surface area (Å²) in [4.78, 5) is 15.3. The van der Waals surface area contributed by atoms with Gasteiger partial charge < -0.3 is 10.8 Å². The molecule has 16 heavy (non-hydrogen) atoms. The zero-order valence-corrected chi connectivity index (χ0v) is 9.59. The molecule has 0 radical (unpaired) electrons. The molecule has 1 fully saturated rings. The van der Waals surface area contributed by atoms with Crippen LogP contribution in [-0.4, -0.2) is 31.0 Å². The highest BCUT2D eigenvalue weighted by atomic mass is 32.2. The average Bonchev–Trinajstić information content (AvgIpc) is 2.65. The first-order valence-electron chi connectivity index (χ1n) is 5.23. The van der Waals surface area contributed by atoms with E-state index in [2.05, 4.69) is 15.2 Å². The summed E-state index contributed by atoms with van der Waals surface area (Å²) >= 11 is 1.21. The predicted octanol–water partition coefficient (Wildman–Crippen LogP) is 1.27. The highest BCUT2D eigenvalue weighted by molar-refractivity contribution is 8.01. The molecule has 4 N–H and O–H groups in total. The van der Waals surface area contributed by atoms with Crippen LogP contribution in [0, 0.1) is 0 Å².